The first-order valence-electron chi connectivity index (χ1n) is 13.8. The van der Waals surface area contributed by atoms with Gasteiger partial charge in [0.05, 0.1) is 22.8 Å². The fraction of sp³-hybridized carbons (Fsp3) is 0.333. The maximum Gasteiger partial charge on any atom is 0.269 e. The van der Waals surface area contributed by atoms with Gasteiger partial charge in [-0.2, -0.15) is 0 Å². The zero-order chi connectivity index (χ0) is 27.5. The van der Waals surface area contributed by atoms with Crippen LogP contribution in [0.2, 0.25) is 0 Å². The number of ether oxygens (including phenoxy) is 1. The Kier molecular flexibility index (Phi) is 7.44. The van der Waals surface area contributed by atoms with E-state index in [1.165, 1.54) is 35.8 Å². The molecule has 6 rings (SSSR count). The molecule has 1 N–H and O–H groups in total. The molecule has 40 heavy (non-hydrogen) atoms. The molecular formula is C30H33N5O4S. The van der Waals surface area contributed by atoms with Crippen LogP contribution in [0.25, 0.3) is 11.0 Å². The van der Waals surface area contributed by atoms with Crippen LogP contribution in [0.5, 0.6) is 5.75 Å². The van der Waals surface area contributed by atoms with Crippen molar-refractivity contribution in [1.82, 2.24) is 19.2 Å². The standard InChI is InChI=1S/C30H33N5O4S/c36-30(26-22-35(29-25(26)11-7-15-31-29)40(37,38)24-9-2-1-3-10-24)32-14-4-5-16-33-17-19-34(20-18-33)27-12-6-8-23-13-21-39-28(23)27/h1-3,6-12,15,22H,4-5,13-14,16-21H2,(H,32,36). The second-order valence-electron chi connectivity index (χ2n) is 10.2. The maximum absolute atomic E-state index is 13.3. The molecule has 2 aromatic carbocycles. The SMILES string of the molecule is O=C(NCCCCN1CCN(c2cccc3c2OCC3)CC1)c1cn(S(=O)(=O)c2ccccc2)c2ncccc12. The zero-order valence-electron chi connectivity index (χ0n) is 22.3. The molecule has 0 unspecified atom stereocenters. The molecule has 208 valence electrons. The van der Waals surface area contributed by atoms with E-state index in [2.05, 4.69) is 38.3 Å². The fourth-order valence-electron chi connectivity index (χ4n) is 5.52. The van der Waals surface area contributed by atoms with Crippen molar-refractivity contribution in [3.05, 3.63) is 84.2 Å². The van der Waals surface area contributed by atoms with Gasteiger partial charge in [0.15, 0.2) is 5.65 Å². The average Bonchev–Trinajstić information content (AvgIpc) is 3.63. The quantitative estimate of drug-likeness (QED) is 0.314. The molecule has 0 radical (unpaired) electrons. The van der Waals surface area contributed by atoms with E-state index in [1.54, 1.807) is 30.3 Å². The molecule has 1 fully saturated rings. The van der Waals surface area contributed by atoms with Crippen LogP contribution in [0.1, 0.15) is 28.8 Å². The van der Waals surface area contributed by atoms with Crippen molar-refractivity contribution >= 4 is 32.7 Å². The molecule has 1 amide bonds. The van der Waals surface area contributed by atoms with Gasteiger partial charge in [-0.3, -0.25) is 9.69 Å². The molecule has 0 saturated carbocycles. The summed E-state index contributed by atoms with van der Waals surface area (Å²) in [6.07, 6.45) is 5.70. The number of anilines is 1. The number of carbonyl (C=O) groups is 1. The number of amides is 1. The van der Waals surface area contributed by atoms with E-state index in [9.17, 15) is 13.2 Å². The second kappa shape index (κ2) is 11.3. The minimum atomic E-state index is -3.89. The maximum atomic E-state index is 13.3. The van der Waals surface area contributed by atoms with E-state index in [0.717, 1.165) is 68.3 Å². The number of pyridine rings is 1. The van der Waals surface area contributed by atoms with Crippen LogP contribution in [-0.4, -0.2) is 74.1 Å². The minimum absolute atomic E-state index is 0.145. The summed E-state index contributed by atoms with van der Waals surface area (Å²) in [5.74, 6) is 0.759. The van der Waals surface area contributed by atoms with Crippen molar-refractivity contribution in [2.24, 2.45) is 0 Å². The average molecular weight is 560 g/mol. The Morgan fingerprint density at radius 1 is 0.950 bits per heavy atom. The number of nitrogens with one attached hydrogen (secondary N) is 1. The van der Waals surface area contributed by atoms with Gasteiger partial charge in [-0.1, -0.05) is 30.3 Å². The molecular weight excluding hydrogens is 526 g/mol. The van der Waals surface area contributed by atoms with Crippen LogP contribution >= 0.6 is 0 Å². The number of fused-ring (bicyclic) bond motifs is 2. The van der Waals surface area contributed by atoms with Gasteiger partial charge in [0.2, 0.25) is 0 Å². The van der Waals surface area contributed by atoms with Crippen LogP contribution in [0.4, 0.5) is 5.69 Å². The van der Waals surface area contributed by atoms with Crippen molar-refractivity contribution in [3.63, 3.8) is 0 Å². The van der Waals surface area contributed by atoms with Gasteiger partial charge in [-0.25, -0.2) is 17.4 Å². The van der Waals surface area contributed by atoms with Gasteiger partial charge < -0.3 is 15.0 Å². The lowest BCUT2D eigenvalue weighted by molar-refractivity contribution is 0.0954. The summed E-state index contributed by atoms with van der Waals surface area (Å²) in [5.41, 5.74) is 3.06. The normalized spacial score (nSPS) is 15.7. The Balaban J connectivity index is 1.01. The van der Waals surface area contributed by atoms with Crippen molar-refractivity contribution in [2.45, 2.75) is 24.2 Å². The first-order chi connectivity index (χ1) is 19.5. The Bertz CT molecular complexity index is 1610. The molecule has 2 aromatic heterocycles. The number of rotatable bonds is 9. The molecule has 0 atom stereocenters. The highest BCUT2D eigenvalue weighted by Crippen LogP contribution is 2.36. The van der Waals surface area contributed by atoms with Crippen LogP contribution in [-0.2, 0) is 16.4 Å². The lowest BCUT2D eigenvalue weighted by atomic mass is 10.1. The van der Waals surface area contributed by atoms with E-state index in [4.69, 9.17) is 4.74 Å². The predicted octanol–water partition coefficient (Wildman–Crippen LogP) is 3.54. The molecule has 10 heteroatoms. The summed E-state index contributed by atoms with van der Waals surface area (Å²) < 4.78 is 33.5. The van der Waals surface area contributed by atoms with Gasteiger partial charge in [0, 0.05) is 56.9 Å². The number of carbonyl (C=O) groups excluding carboxylic acids is 1. The highest BCUT2D eigenvalue weighted by molar-refractivity contribution is 7.90. The summed E-state index contributed by atoms with van der Waals surface area (Å²) >= 11 is 0. The number of benzene rings is 2. The molecule has 1 saturated heterocycles. The number of para-hydroxylation sites is 1. The summed E-state index contributed by atoms with van der Waals surface area (Å²) in [7, 11) is -3.89. The van der Waals surface area contributed by atoms with Crippen LogP contribution in [0.3, 0.4) is 0 Å². The van der Waals surface area contributed by atoms with Crippen LogP contribution in [0.15, 0.2) is 78.0 Å². The number of aromatic nitrogens is 2. The van der Waals surface area contributed by atoms with Gasteiger partial charge in [-0.05, 0) is 55.3 Å². The lowest BCUT2D eigenvalue weighted by Crippen LogP contribution is -2.46. The monoisotopic (exact) mass is 559 g/mol. The van der Waals surface area contributed by atoms with E-state index >= 15 is 0 Å². The predicted molar refractivity (Wildman–Crippen MR) is 155 cm³/mol. The van der Waals surface area contributed by atoms with E-state index in [-0.39, 0.29) is 16.4 Å². The summed E-state index contributed by atoms with van der Waals surface area (Å²) in [5, 5.41) is 3.48. The van der Waals surface area contributed by atoms with E-state index in [0.29, 0.717) is 17.5 Å². The number of nitrogens with zero attached hydrogens (tertiary/aromatic N) is 4. The fourth-order valence-corrected chi connectivity index (χ4v) is 6.86. The molecule has 0 bridgehead atoms. The molecule has 9 nitrogen and oxygen atoms in total. The van der Waals surface area contributed by atoms with Crippen molar-refractivity contribution in [2.75, 3.05) is 50.8 Å². The van der Waals surface area contributed by atoms with Crippen LogP contribution in [0, 0.1) is 0 Å². The summed E-state index contributed by atoms with van der Waals surface area (Å²) in [6.45, 7) is 6.21. The van der Waals surface area contributed by atoms with Gasteiger partial charge >= 0.3 is 0 Å². The second-order valence-corrected chi connectivity index (χ2v) is 12.0. The topological polar surface area (TPSA) is 96.8 Å². The van der Waals surface area contributed by atoms with Crippen LogP contribution < -0.4 is 15.0 Å². The van der Waals surface area contributed by atoms with Gasteiger partial charge in [0.25, 0.3) is 15.9 Å². The Morgan fingerprint density at radius 3 is 2.60 bits per heavy atom. The Hall–Kier alpha value is -3.89. The molecule has 2 aliphatic rings. The van der Waals surface area contributed by atoms with Crippen molar-refractivity contribution < 1.29 is 17.9 Å². The van der Waals surface area contributed by atoms with Gasteiger partial charge in [-0.15, -0.1) is 0 Å². The number of hydrogen-bond donors (Lipinski definition) is 1. The highest BCUT2D eigenvalue weighted by Gasteiger charge is 2.25. The molecule has 4 heterocycles. The van der Waals surface area contributed by atoms with Crippen molar-refractivity contribution in [3.8, 4) is 5.75 Å². The summed E-state index contributed by atoms with van der Waals surface area (Å²) in [6, 6.07) is 18.0. The lowest BCUT2D eigenvalue weighted by Gasteiger charge is -2.36. The third-order valence-electron chi connectivity index (χ3n) is 7.67. The first-order valence-corrected chi connectivity index (χ1v) is 15.2. The number of piperazine rings is 1. The third-order valence-corrected chi connectivity index (χ3v) is 9.33. The Morgan fingerprint density at radius 2 is 1.77 bits per heavy atom. The molecule has 0 spiro atoms. The molecule has 4 aromatic rings. The van der Waals surface area contributed by atoms with Crippen molar-refractivity contribution in [1.29, 1.82) is 0 Å². The largest absolute Gasteiger partial charge is 0.491 e. The smallest absolute Gasteiger partial charge is 0.269 e. The number of unbranched alkanes of at least 4 members (excludes halogenated alkanes) is 1. The number of hydrogen-bond acceptors (Lipinski definition) is 7. The Labute approximate surface area is 234 Å². The van der Waals surface area contributed by atoms with Gasteiger partial charge in [0.1, 0.15) is 5.75 Å². The minimum Gasteiger partial charge on any atom is -0.491 e. The highest BCUT2D eigenvalue weighted by atomic mass is 32.2. The third kappa shape index (κ3) is 5.16. The van der Waals surface area contributed by atoms with E-state index in [1.807, 2.05) is 0 Å². The summed E-state index contributed by atoms with van der Waals surface area (Å²) in [4.78, 5) is 22.4. The molecule has 0 aliphatic carbocycles. The zero-order valence-corrected chi connectivity index (χ0v) is 23.1. The van der Waals surface area contributed by atoms with E-state index < -0.39 is 10.0 Å². The molecule has 2 aliphatic heterocycles. The first kappa shape index (κ1) is 26.3.